The molecule has 1 aromatic heterocycles. The molecule has 122 valence electrons. The average Bonchev–Trinajstić information content (AvgIpc) is 3.03. The van der Waals surface area contributed by atoms with Crippen LogP contribution in [-0.4, -0.2) is 47.2 Å². The molecule has 0 bridgehead atoms. The summed E-state index contributed by atoms with van der Waals surface area (Å²) in [6, 6.07) is 10.6. The first-order chi connectivity index (χ1) is 11.1. The lowest BCUT2D eigenvalue weighted by molar-refractivity contribution is -0.134. The third-order valence-electron chi connectivity index (χ3n) is 4.01. The van der Waals surface area contributed by atoms with Crippen molar-refractivity contribution in [1.29, 1.82) is 0 Å². The summed E-state index contributed by atoms with van der Waals surface area (Å²) >= 11 is 0. The smallest absolute Gasteiger partial charge is 0.318 e. The zero-order valence-electron chi connectivity index (χ0n) is 13.6. The summed E-state index contributed by atoms with van der Waals surface area (Å²) in [5.41, 5.74) is 1.15. The van der Waals surface area contributed by atoms with Gasteiger partial charge in [0.05, 0.1) is 6.42 Å². The molecule has 6 heteroatoms. The molecule has 0 atom stereocenters. The van der Waals surface area contributed by atoms with E-state index in [9.17, 15) is 4.79 Å². The second-order valence-corrected chi connectivity index (χ2v) is 6.11. The summed E-state index contributed by atoms with van der Waals surface area (Å²) in [6.45, 7) is 6.73. The van der Waals surface area contributed by atoms with E-state index in [1.165, 1.54) is 0 Å². The highest BCUT2D eigenvalue weighted by Gasteiger charge is 2.25. The van der Waals surface area contributed by atoms with Gasteiger partial charge < -0.3 is 14.2 Å². The van der Waals surface area contributed by atoms with Crippen molar-refractivity contribution in [2.24, 2.45) is 5.92 Å². The van der Waals surface area contributed by atoms with Crippen molar-refractivity contribution in [3.05, 3.63) is 41.8 Å². The molecular weight excluding hydrogens is 292 g/mol. The number of amides is 1. The molecule has 1 aromatic carbocycles. The van der Waals surface area contributed by atoms with Crippen LogP contribution < -0.4 is 4.90 Å². The van der Waals surface area contributed by atoms with Gasteiger partial charge in [0.2, 0.25) is 11.8 Å². The number of nitrogens with zero attached hydrogens (tertiary/aromatic N) is 4. The first kappa shape index (κ1) is 15.5. The van der Waals surface area contributed by atoms with Gasteiger partial charge in [-0.25, -0.2) is 0 Å². The van der Waals surface area contributed by atoms with Gasteiger partial charge in [-0.1, -0.05) is 49.3 Å². The number of benzene rings is 1. The lowest BCUT2D eigenvalue weighted by Gasteiger charge is -2.34. The van der Waals surface area contributed by atoms with E-state index in [0.717, 1.165) is 18.7 Å². The molecule has 1 saturated heterocycles. The fourth-order valence-electron chi connectivity index (χ4n) is 2.70. The first-order valence-electron chi connectivity index (χ1n) is 8.03. The van der Waals surface area contributed by atoms with Crippen molar-refractivity contribution in [2.75, 3.05) is 31.1 Å². The van der Waals surface area contributed by atoms with Crippen molar-refractivity contribution in [1.82, 2.24) is 15.1 Å². The minimum atomic E-state index is 0.0439. The predicted molar refractivity (Wildman–Crippen MR) is 87.2 cm³/mol. The van der Waals surface area contributed by atoms with E-state index in [1.807, 2.05) is 54.0 Å². The average molecular weight is 314 g/mol. The predicted octanol–water partition coefficient (Wildman–Crippen LogP) is 1.96. The third kappa shape index (κ3) is 3.70. The van der Waals surface area contributed by atoms with Crippen LogP contribution in [0.1, 0.15) is 25.3 Å². The van der Waals surface area contributed by atoms with E-state index in [2.05, 4.69) is 10.2 Å². The van der Waals surface area contributed by atoms with Crippen LogP contribution in [0.2, 0.25) is 0 Å². The molecule has 3 rings (SSSR count). The van der Waals surface area contributed by atoms with Crippen LogP contribution in [0.5, 0.6) is 0 Å². The van der Waals surface area contributed by atoms with Crippen molar-refractivity contribution in [3.8, 4) is 0 Å². The normalized spacial score (nSPS) is 15.3. The SMILES string of the molecule is CC(C)C(=O)N1CCN(c2nnc(Cc3ccccc3)o2)CC1. The second-order valence-electron chi connectivity index (χ2n) is 6.11. The van der Waals surface area contributed by atoms with E-state index in [4.69, 9.17) is 4.42 Å². The van der Waals surface area contributed by atoms with Crippen LogP contribution in [0.4, 0.5) is 6.01 Å². The lowest BCUT2D eigenvalue weighted by atomic mass is 10.1. The molecule has 2 aromatic rings. The maximum absolute atomic E-state index is 12.0. The van der Waals surface area contributed by atoms with Gasteiger partial charge in [-0.15, -0.1) is 5.10 Å². The summed E-state index contributed by atoms with van der Waals surface area (Å²) < 4.78 is 5.77. The van der Waals surface area contributed by atoms with Crippen molar-refractivity contribution < 1.29 is 9.21 Å². The Labute approximate surface area is 136 Å². The molecule has 1 aliphatic rings. The Bertz CT molecular complexity index is 646. The minimum absolute atomic E-state index is 0.0439. The van der Waals surface area contributed by atoms with Gasteiger partial charge in [-0.05, 0) is 5.56 Å². The standard InChI is InChI=1S/C17H22N4O2/c1-13(2)16(22)20-8-10-21(11-9-20)17-19-18-15(23-17)12-14-6-4-3-5-7-14/h3-7,13H,8-12H2,1-2H3. The van der Waals surface area contributed by atoms with Gasteiger partial charge >= 0.3 is 6.01 Å². The monoisotopic (exact) mass is 314 g/mol. The van der Waals surface area contributed by atoms with E-state index < -0.39 is 0 Å². The summed E-state index contributed by atoms with van der Waals surface area (Å²) in [6.07, 6.45) is 0.639. The van der Waals surface area contributed by atoms with Gasteiger partial charge in [-0.3, -0.25) is 4.79 Å². The minimum Gasteiger partial charge on any atom is -0.408 e. The van der Waals surface area contributed by atoms with Crippen LogP contribution in [-0.2, 0) is 11.2 Å². The summed E-state index contributed by atoms with van der Waals surface area (Å²) in [7, 11) is 0. The number of piperazine rings is 1. The Morgan fingerprint density at radius 1 is 1.13 bits per heavy atom. The second kappa shape index (κ2) is 6.81. The number of carbonyl (C=O) groups excluding carboxylic acids is 1. The van der Waals surface area contributed by atoms with E-state index >= 15 is 0 Å². The Balaban J connectivity index is 1.58. The molecule has 2 heterocycles. The number of carbonyl (C=O) groups is 1. The number of anilines is 1. The van der Waals surface area contributed by atoms with Gasteiger partial charge in [-0.2, -0.15) is 0 Å². The fraction of sp³-hybridized carbons (Fsp3) is 0.471. The molecule has 1 amide bonds. The lowest BCUT2D eigenvalue weighted by Crippen LogP contribution is -2.50. The molecular formula is C17H22N4O2. The molecule has 0 radical (unpaired) electrons. The number of hydrogen-bond donors (Lipinski definition) is 0. The van der Waals surface area contributed by atoms with Gasteiger partial charge in [0, 0.05) is 32.1 Å². The quantitative estimate of drug-likeness (QED) is 0.863. The molecule has 0 aliphatic carbocycles. The summed E-state index contributed by atoms with van der Waals surface area (Å²) in [5.74, 6) is 0.870. The van der Waals surface area contributed by atoms with Gasteiger partial charge in [0.15, 0.2) is 0 Å². The summed E-state index contributed by atoms with van der Waals surface area (Å²) in [4.78, 5) is 16.0. The van der Waals surface area contributed by atoms with Crippen molar-refractivity contribution in [3.63, 3.8) is 0 Å². The Morgan fingerprint density at radius 3 is 2.48 bits per heavy atom. The summed E-state index contributed by atoms with van der Waals surface area (Å²) in [5, 5.41) is 8.28. The first-order valence-corrected chi connectivity index (χ1v) is 8.03. The highest BCUT2D eigenvalue weighted by molar-refractivity contribution is 5.78. The highest BCUT2D eigenvalue weighted by Crippen LogP contribution is 2.17. The molecule has 0 unspecified atom stereocenters. The molecule has 0 N–H and O–H groups in total. The molecule has 1 fully saturated rings. The van der Waals surface area contributed by atoms with Crippen LogP contribution in [0.15, 0.2) is 34.7 Å². The van der Waals surface area contributed by atoms with E-state index in [-0.39, 0.29) is 11.8 Å². The van der Waals surface area contributed by atoms with Crippen LogP contribution in [0, 0.1) is 5.92 Å². The Morgan fingerprint density at radius 2 is 1.83 bits per heavy atom. The van der Waals surface area contributed by atoms with Gasteiger partial charge in [0.25, 0.3) is 0 Å². The number of rotatable bonds is 4. The molecule has 1 aliphatic heterocycles. The zero-order valence-corrected chi connectivity index (χ0v) is 13.6. The number of aromatic nitrogens is 2. The third-order valence-corrected chi connectivity index (χ3v) is 4.01. The van der Waals surface area contributed by atoms with Gasteiger partial charge in [0.1, 0.15) is 0 Å². The van der Waals surface area contributed by atoms with Crippen LogP contribution >= 0.6 is 0 Å². The number of hydrogen-bond acceptors (Lipinski definition) is 5. The fourth-order valence-corrected chi connectivity index (χ4v) is 2.70. The topological polar surface area (TPSA) is 62.5 Å². The highest BCUT2D eigenvalue weighted by atomic mass is 16.4. The van der Waals surface area contributed by atoms with E-state index in [0.29, 0.717) is 31.4 Å². The maximum atomic E-state index is 12.0. The van der Waals surface area contributed by atoms with Crippen molar-refractivity contribution >= 4 is 11.9 Å². The Kier molecular flexibility index (Phi) is 4.60. The van der Waals surface area contributed by atoms with Crippen LogP contribution in [0.3, 0.4) is 0 Å². The van der Waals surface area contributed by atoms with Crippen molar-refractivity contribution in [2.45, 2.75) is 20.3 Å². The largest absolute Gasteiger partial charge is 0.408 e. The van der Waals surface area contributed by atoms with E-state index in [1.54, 1.807) is 0 Å². The molecule has 6 nitrogen and oxygen atoms in total. The molecule has 0 spiro atoms. The van der Waals surface area contributed by atoms with Crippen LogP contribution in [0.25, 0.3) is 0 Å². The molecule has 0 saturated carbocycles. The zero-order chi connectivity index (χ0) is 16.2. The molecule has 23 heavy (non-hydrogen) atoms. The Hall–Kier alpha value is -2.37. The maximum Gasteiger partial charge on any atom is 0.318 e.